The first-order valence-electron chi connectivity index (χ1n) is 10.8. The SMILES string of the molecule is CC.CC(C)C(=O)OC(C)(C)C.CC(C)Oc1nc2ccccc2nc1-c1cccs1. The second-order valence-electron chi connectivity index (χ2n) is 8.20. The molecule has 0 saturated carbocycles. The van der Waals surface area contributed by atoms with Crippen LogP contribution >= 0.6 is 11.3 Å². The minimum absolute atomic E-state index is 0.0285. The van der Waals surface area contributed by atoms with Crippen molar-refractivity contribution in [3.8, 4) is 16.5 Å². The minimum Gasteiger partial charge on any atom is -0.473 e. The zero-order valence-electron chi connectivity index (χ0n) is 20.2. The summed E-state index contributed by atoms with van der Waals surface area (Å²) in [6.45, 7) is 17.3. The van der Waals surface area contributed by atoms with E-state index in [0.29, 0.717) is 5.88 Å². The van der Waals surface area contributed by atoms with Crippen LogP contribution in [0.5, 0.6) is 5.88 Å². The number of ether oxygens (including phenoxy) is 2. The highest BCUT2D eigenvalue weighted by molar-refractivity contribution is 7.13. The highest BCUT2D eigenvalue weighted by Crippen LogP contribution is 2.32. The summed E-state index contributed by atoms with van der Waals surface area (Å²) < 4.78 is 10.9. The lowest BCUT2D eigenvalue weighted by atomic mass is 10.1. The van der Waals surface area contributed by atoms with Crippen molar-refractivity contribution in [2.45, 2.75) is 74.0 Å². The Hall–Kier alpha value is -2.47. The summed E-state index contributed by atoms with van der Waals surface area (Å²) in [5.74, 6) is 0.447. The average Bonchev–Trinajstić information content (AvgIpc) is 3.22. The van der Waals surface area contributed by atoms with E-state index in [0.717, 1.165) is 21.6 Å². The van der Waals surface area contributed by atoms with E-state index >= 15 is 0 Å². The van der Waals surface area contributed by atoms with Crippen LogP contribution in [0.3, 0.4) is 0 Å². The number of aromatic nitrogens is 2. The third-order valence-electron chi connectivity index (χ3n) is 3.52. The molecule has 0 bridgehead atoms. The van der Waals surface area contributed by atoms with Gasteiger partial charge >= 0.3 is 5.97 Å². The van der Waals surface area contributed by atoms with Gasteiger partial charge in [0, 0.05) is 0 Å². The molecule has 0 aliphatic heterocycles. The van der Waals surface area contributed by atoms with Gasteiger partial charge in [-0.2, -0.15) is 0 Å². The van der Waals surface area contributed by atoms with Gasteiger partial charge in [0.05, 0.1) is 27.9 Å². The van der Waals surface area contributed by atoms with Gasteiger partial charge < -0.3 is 9.47 Å². The van der Waals surface area contributed by atoms with Crippen molar-refractivity contribution in [2.75, 3.05) is 0 Å². The second kappa shape index (κ2) is 12.4. The monoisotopic (exact) mass is 444 g/mol. The van der Waals surface area contributed by atoms with E-state index in [1.165, 1.54) is 0 Å². The van der Waals surface area contributed by atoms with Crippen LogP contribution in [0.15, 0.2) is 41.8 Å². The van der Waals surface area contributed by atoms with Gasteiger partial charge in [-0.1, -0.05) is 45.9 Å². The predicted molar refractivity (Wildman–Crippen MR) is 131 cm³/mol. The summed E-state index contributed by atoms with van der Waals surface area (Å²) in [5.41, 5.74) is 2.23. The number of fused-ring (bicyclic) bond motifs is 1. The van der Waals surface area contributed by atoms with Gasteiger partial charge in [-0.05, 0) is 58.2 Å². The van der Waals surface area contributed by atoms with Crippen molar-refractivity contribution in [1.82, 2.24) is 9.97 Å². The molecule has 1 aromatic carbocycles. The Kier molecular flexibility index (Phi) is 10.6. The number of hydrogen-bond acceptors (Lipinski definition) is 6. The molecule has 6 heteroatoms. The Morgan fingerprint density at radius 3 is 1.94 bits per heavy atom. The molecule has 2 heterocycles. The number of carbonyl (C=O) groups is 1. The zero-order chi connectivity index (χ0) is 23.6. The maximum atomic E-state index is 10.9. The van der Waals surface area contributed by atoms with E-state index < -0.39 is 0 Å². The van der Waals surface area contributed by atoms with E-state index in [4.69, 9.17) is 14.5 Å². The van der Waals surface area contributed by atoms with Gasteiger partial charge in [0.15, 0.2) is 0 Å². The molecule has 5 nitrogen and oxygen atoms in total. The minimum atomic E-state index is -0.346. The molecule has 3 rings (SSSR count). The molecule has 0 aliphatic rings. The Labute approximate surface area is 190 Å². The van der Waals surface area contributed by atoms with Crippen LogP contribution in [0.2, 0.25) is 0 Å². The molecule has 0 aliphatic carbocycles. The summed E-state index contributed by atoms with van der Waals surface area (Å²) in [7, 11) is 0. The fourth-order valence-corrected chi connectivity index (χ4v) is 2.99. The summed E-state index contributed by atoms with van der Waals surface area (Å²) in [6.07, 6.45) is 0.0779. The molecule has 0 N–H and O–H groups in total. The Bertz CT molecular complexity index is 930. The topological polar surface area (TPSA) is 61.3 Å². The third kappa shape index (κ3) is 9.05. The summed E-state index contributed by atoms with van der Waals surface area (Å²) in [5, 5.41) is 2.03. The number of esters is 1. The van der Waals surface area contributed by atoms with Crippen LogP contribution in [0, 0.1) is 5.92 Å². The number of rotatable bonds is 4. The van der Waals surface area contributed by atoms with Gasteiger partial charge in [-0.25, -0.2) is 9.97 Å². The largest absolute Gasteiger partial charge is 0.473 e. The van der Waals surface area contributed by atoms with Crippen molar-refractivity contribution in [2.24, 2.45) is 5.92 Å². The first-order valence-corrected chi connectivity index (χ1v) is 11.6. The van der Waals surface area contributed by atoms with Crippen LogP contribution in [-0.4, -0.2) is 27.6 Å². The summed E-state index contributed by atoms with van der Waals surface area (Å²) in [6, 6.07) is 11.9. The first kappa shape index (κ1) is 26.6. The van der Waals surface area contributed by atoms with Crippen LogP contribution in [-0.2, 0) is 9.53 Å². The number of benzene rings is 1. The molecule has 0 unspecified atom stereocenters. The molecule has 170 valence electrons. The Morgan fingerprint density at radius 2 is 1.52 bits per heavy atom. The molecule has 0 radical (unpaired) electrons. The highest BCUT2D eigenvalue weighted by atomic mass is 32.1. The first-order chi connectivity index (χ1) is 14.6. The number of thiophene rings is 1. The van der Waals surface area contributed by atoms with Crippen LogP contribution in [0.1, 0.15) is 62.3 Å². The number of carbonyl (C=O) groups excluding carboxylic acids is 1. The van der Waals surface area contributed by atoms with Crippen LogP contribution in [0.4, 0.5) is 0 Å². The molecular formula is C25H36N2O3S. The van der Waals surface area contributed by atoms with Crippen molar-refractivity contribution in [1.29, 1.82) is 0 Å². The summed E-state index contributed by atoms with van der Waals surface area (Å²) in [4.78, 5) is 21.3. The highest BCUT2D eigenvalue weighted by Gasteiger charge is 2.18. The third-order valence-corrected chi connectivity index (χ3v) is 4.40. The maximum absolute atomic E-state index is 10.9. The molecule has 0 fully saturated rings. The van der Waals surface area contributed by atoms with E-state index in [1.54, 1.807) is 11.3 Å². The van der Waals surface area contributed by atoms with Crippen molar-refractivity contribution >= 4 is 28.3 Å². The fourth-order valence-electron chi connectivity index (χ4n) is 2.28. The predicted octanol–water partition coefficient (Wildman–Crippen LogP) is 7.16. The fraction of sp³-hybridized carbons (Fsp3) is 0.480. The molecule has 0 saturated heterocycles. The van der Waals surface area contributed by atoms with E-state index in [-0.39, 0.29) is 23.6 Å². The lowest BCUT2D eigenvalue weighted by Crippen LogP contribution is -2.26. The molecule has 0 amide bonds. The zero-order valence-corrected chi connectivity index (χ0v) is 21.0. The Morgan fingerprint density at radius 1 is 0.935 bits per heavy atom. The van der Waals surface area contributed by atoms with Gasteiger partial charge in [-0.3, -0.25) is 4.79 Å². The summed E-state index contributed by atoms with van der Waals surface area (Å²) >= 11 is 1.64. The molecular weight excluding hydrogens is 408 g/mol. The molecule has 31 heavy (non-hydrogen) atoms. The number of hydrogen-bond donors (Lipinski definition) is 0. The van der Waals surface area contributed by atoms with Gasteiger partial charge in [0.1, 0.15) is 11.3 Å². The second-order valence-corrected chi connectivity index (χ2v) is 9.15. The van der Waals surface area contributed by atoms with E-state index in [2.05, 4.69) is 4.98 Å². The average molecular weight is 445 g/mol. The molecule has 3 aromatic rings. The lowest BCUT2D eigenvalue weighted by molar-refractivity contribution is -0.158. The van der Waals surface area contributed by atoms with Crippen molar-refractivity contribution in [3.63, 3.8) is 0 Å². The molecule has 2 aromatic heterocycles. The van der Waals surface area contributed by atoms with Crippen molar-refractivity contribution in [3.05, 3.63) is 41.8 Å². The van der Waals surface area contributed by atoms with Gasteiger partial charge in [0.2, 0.25) is 5.88 Å². The molecule has 0 atom stereocenters. The van der Waals surface area contributed by atoms with E-state index in [9.17, 15) is 4.79 Å². The van der Waals surface area contributed by atoms with Gasteiger partial charge in [0.25, 0.3) is 0 Å². The number of nitrogens with zero attached hydrogens (tertiary/aromatic N) is 2. The quantitative estimate of drug-likeness (QED) is 0.400. The molecule has 0 spiro atoms. The van der Waals surface area contributed by atoms with Crippen LogP contribution in [0.25, 0.3) is 21.6 Å². The number of para-hydroxylation sites is 2. The van der Waals surface area contributed by atoms with Gasteiger partial charge in [-0.15, -0.1) is 11.3 Å². The normalized spacial score (nSPS) is 10.8. The van der Waals surface area contributed by atoms with Crippen LogP contribution < -0.4 is 4.74 Å². The van der Waals surface area contributed by atoms with E-state index in [1.807, 2.05) is 104 Å². The lowest BCUT2D eigenvalue weighted by Gasteiger charge is -2.20. The standard InChI is InChI=1S/C15H14N2OS.C8H16O2.C2H6/c1-10(2)18-15-14(13-8-5-9-19-13)16-11-6-3-4-7-12(11)17-15;1-6(2)7(9)10-8(3,4)5;1-2/h3-10H,1-2H3;6H,1-5H3;1-2H3. The van der Waals surface area contributed by atoms with Crippen molar-refractivity contribution < 1.29 is 14.3 Å². The smallest absolute Gasteiger partial charge is 0.308 e. The Balaban J connectivity index is 0.000000343. The maximum Gasteiger partial charge on any atom is 0.308 e.